The second-order valence-corrected chi connectivity index (χ2v) is 9.22. The summed E-state index contributed by atoms with van der Waals surface area (Å²) < 4.78 is 18.2. The van der Waals surface area contributed by atoms with Crippen molar-refractivity contribution in [1.29, 1.82) is 0 Å². The van der Waals surface area contributed by atoms with Gasteiger partial charge in [0, 0.05) is 16.2 Å². The number of aryl methyl sites for hydroxylation is 1. The first-order valence-electron chi connectivity index (χ1n) is 10.2. The van der Waals surface area contributed by atoms with Crippen LogP contribution < -0.4 is 0 Å². The minimum absolute atomic E-state index is 0.217. The first-order chi connectivity index (χ1) is 15.2. The maximum Gasteiger partial charge on any atom is 0.184 e. The highest BCUT2D eigenvalue weighted by atomic mass is 32.1. The molecule has 0 bridgehead atoms. The van der Waals surface area contributed by atoms with E-state index in [1.54, 1.807) is 41.7 Å². The molecule has 3 aromatic rings. The molecule has 0 spiro atoms. The van der Waals surface area contributed by atoms with Crippen LogP contribution in [0.3, 0.4) is 0 Å². The third kappa shape index (κ3) is 4.11. The van der Waals surface area contributed by atoms with E-state index >= 15 is 0 Å². The molecule has 170 valence electrons. The Hall–Kier alpha value is -2.17. The van der Waals surface area contributed by atoms with Crippen LogP contribution in [0, 0.1) is 12.7 Å². The summed E-state index contributed by atoms with van der Waals surface area (Å²) in [6.45, 7) is 1.28. The van der Waals surface area contributed by atoms with E-state index in [4.69, 9.17) is 4.74 Å². The van der Waals surface area contributed by atoms with Gasteiger partial charge in [0.2, 0.25) is 0 Å². The van der Waals surface area contributed by atoms with Crippen LogP contribution in [-0.4, -0.2) is 56.7 Å². The first-order valence-corrected chi connectivity index (χ1v) is 11.0. The predicted octanol–water partition coefficient (Wildman–Crippen LogP) is 2.07. The van der Waals surface area contributed by atoms with E-state index in [1.807, 2.05) is 19.1 Å². The summed E-state index contributed by atoms with van der Waals surface area (Å²) in [6, 6.07) is 15.3. The number of hydrogen-bond acceptors (Lipinski definition) is 7. The van der Waals surface area contributed by atoms with Gasteiger partial charge in [0.05, 0.1) is 6.61 Å². The zero-order valence-electron chi connectivity index (χ0n) is 17.4. The zero-order chi connectivity index (χ0) is 23.0. The summed E-state index contributed by atoms with van der Waals surface area (Å²) in [5.41, 5.74) is 0.727. The fourth-order valence-electron chi connectivity index (χ4n) is 4.03. The quantitative estimate of drug-likeness (QED) is 0.399. The van der Waals surface area contributed by atoms with Crippen LogP contribution in [0.1, 0.15) is 21.6 Å². The molecule has 8 heteroatoms. The number of ether oxygens (including phenoxy) is 1. The van der Waals surface area contributed by atoms with Crippen molar-refractivity contribution in [3.63, 3.8) is 0 Å². The Labute approximate surface area is 188 Å². The van der Waals surface area contributed by atoms with Gasteiger partial charge in [-0.05, 0) is 53.4 Å². The lowest BCUT2D eigenvalue weighted by atomic mass is 9.77. The van der Waals surface area contributed by atoms with Gasteiger partial charge < -0.3 is 30.3 Å². The molecular weight excluding hydrogens is 435 g/mol. The smallest absolute Gasteiger partial charge is 0.184 e. The Balaban J connectivity index is 1.64. The molecule has 0 unspecified atom stereocenters. The maximum absolute atomic E-state index is 13.2. The fraction of sp³-hybridized carbons (Fsp3) is 0.333. The van der Waals surface area contributed by atoms with Gasteiger partial charge in [-0.3, -0.25) is 0 Å². The molecule has 1 aliphatic heterocycles. The van der Waals surface area contributed by atoms with E-state index in [-0.39, 0.29) is 11.4 Å². The fourth-order valence-corrected chi connectivity index (χ4v) is 5.07. The monoisotopic (exact) mass is 460 g/mol. The van der Waals surface area contributed by atoms with Crippen LogP contribution in [0.25, 0.3) is 10.4 Å². The summed E-state index contributed by atoms with van der Waals surface area (Å²) in [7, 11) is 0. The average molecular weight is 461 g/mol. The largest absolute Gasteiger partial charge is 0.394 e. The molecule has 5 N–H and O–H groups in total. The second kappa shape index (κ2) is 8.99. The van der Waals surface area contributed by atoms with Crippen molar-refractivity contribution < 1.29 is 34.7 Å². The van der Waals surface area contributed by atoms with Crippen LogP contribution in [-0.2, 0) is 16.8 Å². The van der Waals surface area contributed by atoms with Crippen molar-refractivity contribution in [2.75, 3.05) is 6.61 Å². The molecule has 1 aromatic heterocycles. The van der Waals surface area contributed by atoms with Crippen LogP contribution in [0.5, 0.6) is 0 Å². The van der Waals surface area contributed by atoms with Crippen molar-refractivity contribution in [3.05, 3.63) is 82.0 Å². The first kappa shape index (κ1) is 23.0. The molecule has 2 heterocycles. The molecule has 1 aliphatic rings. The summed E-state index contributed by atoms with van der Waals surface area (Å²) in [6.07, 6.45) is -5.92. The summed E-state index contributed by atoms with van der Waals surface area (Å²) in [4.78, 5) is 2.04. The highest BCUT2D eigenvalue weighted by Crippen LogP contribution is 2.39. The summed E-state index contributed by atoms with van der Waals surface area (Å²) >= 11 is 1.56. The number of hydrogen-bond donors (Lipinski definition) is 5. The third-order valence-electron chi connectivity index (χ3n) is 5.98. The lowest BCUT2D eigenvalue weighted by molar-refractivity contribution is -0.326. The molecule has 0 saturated carbocycles. The van der Waals surface area contributed by atoms with Gasteiger partial charge in [-0.25, -0.2) is 4.39 Å². The number of halogens is 1. The number of benzene rings is 2. The normalized spacial score (nSPS) is 28.1. The van der Waals surface area contributed by atoms with E-state index in [1.165, 1.54) is 12.1 Å². The van der Waals surface area contributed by atoms with Crippen molar-refractivity contribution >= 4 is 11.3 Å². The second-order valence-electron chi connectivity index (χ2n) is 8.05. The van der Waals surface area contributed by atoms with Gasteiger partial charge in [0.15, 0.2) is 6.29 Å². The molecule has 2 aromatic carbocycles. The predicted molar refractivity (Wildman–Crippen MR) is 118 cm³/mol. The van der Waals surface area contributed by atoms with E-state index in [0.717, 1.165) is 26.4 Å². The molecule has 0 amide bonds. The highest BCUT2D eigenvalue weighted by molar-refractivity contribution is 7.15. The van der Waals surface area contributed by atoms with E-state index < -0.39 is 36.8 Å². The van der Waals surface area contributed by atoms with Crippen LogP contribution in [0.2, 0.25) is 0 Å². The molecule has 1 saturated heterocycles. The number of thiophene rings is 1. The van der Waals surface area contributed by atoms with Crippen LogP contribution in [0.15, 0.2) is 54.6 Å². The molecule has 5 atom stereocenters. The minimum Gasteiger partial charge on any atom is -0.394 e. The van der Waals surface area contributed by atoms with Gasteiger partial charge in [0.1, 0.15) is 29.7 Å². The minimum atomic E-state index is -2.22. The Kier molecular flexibility index (Phi) is 6.46. The number of rotatable bonds is 5. The van der Waals surface area contributed by atoms with E-state index in [0.29, 0.717) is 6.42 Å². The molecule has 1 fully saturated rings. The Bertz CT molecular complexity index is 1080. The molecular formula is C24H25FO6S. The molecule has 32 heavy (non-hydrogen) atoms. The van der Waals surface area contributed by atoms with Gasteiger partial charge in [0.25, 0.3) is 0 Å². The Morgan fingerprint density at radius 2 is 1.72 bits per heavy atom. The molecule has 0 radical (unpaired) electrons. The summed E-state index contributed by atoms with van der Waals surface area (Å²) in [5, 5.41) is 51.7. The van der Waals surface area contributed by atoms with Crippen molar-refractivity contribution in [1.82, 2.24) is 0 Å². The average Bonchev–Trinajstić information content (AvgIpc) is 3.25. The Morgan fingerprint density at radius 1 is 1.00 bits per heavy atom. The SMILES string of the molecule is Cc1ccc([C@]2(O)[C@H](O)[C@@H](CO)O[C@H](O)[C@@H]2O)cc1Cc1ccc(-c2ccc(F)cc2)s1. The molecule has 6 nitrogen and oxygen atoms in total. The van der Waals surface area contributed by atoms with E-state index in [2.05, 4.69) is 0 Å². The molecule has 0 aliphatic carbocycles. The molecule has 4 rings (SSSR count). The lowest BCUT2D eigenvalue weighted by Crippen LogP contribution is -2.65. The lowest BCUT2D eigenvalue weighted by Gasteiger charge is -2.46. The van der Waals surface area contributed by atoms with Gasteiger partial charge in [-0.2, -0.15) is 0 Å². The van der Waals surface area contributed by atoms with Crippen molar-refractivity contribution in [3.8, 4) is 10.4 Å². The van der Waals surface area contributed by atoms with Crippen molar-refractivity contribution in [2.24, 2.45) is 0 Å². The van der Waals surface area contributed by atoms with Crippen molar-refractivity contribution in [2.45, 2.75) is 43.5 Å². The van der Waals surface area contributed by atoms with Gasteiger partial charge in [-0.15, -0.1) is 11.3 Å². The topological polar surface area (TPSA) is 110 Å². The number of aliphatic hydroxyl groups is 5. The van der Waals surface area contributed by atoms with E-state index in [9.17, 15) is 29.9 Å². The zero-order valence-corrected chi connectivity index (χ0v) is 18.2. The highest BCUT2D eigenvalue weighted by Gasteiger charge is 2.55. The van der Waals surface area contributed by atoms with Crippen LogP contribution in [0.4, 0.5) is 4.39 Å². The third-order valence-corrected chi connectivity index (χ3v) is 7.12. The summed E-state index contributed by atoms with van der Waals surface area (Å²) in [5.74, 6) is -0.290. The maximum atomic E-state index is 13.2. The number of aliphatic hydroxyl groups excluding tert-OH is 4. The Morgan fingerprint density at radius 3 is 2.41 bits per heavy atom. The standard InChI is InChI=1S/C24H25FO6S/c1-13-2-5-16(24(30)21(27)19(12-26)31-23(29)22(24)28)10-15(13)11-18-8-9-20(32-18)14-3-6-17(25)7-4-14/h2-10,19,21-23,26-30H,11-12H2,1H3/t19-,21-,22+,23+,24+/m1/s1. The van der Waals surface area contributed by atoms with Gasteiger partial charge >= 0.3 is 0 Å². The van der Waals surface area contributed by atoms with Crippen LogP contribution >= 0.6 is 11.3 Å². The van der Waals surface area contributed by atoms with Gasteiger partial charge in [-0.1, -0.05) is 30.3 Å².